The van der Waals surface area contributed by atoms with E-state index in [9.17, 15) is 28.8 Å². The highest BCUT2D eigenvalue weighted by Gasteiger charge is 2.27. The molecule has 2 N–H and O–H groups in total. The van der Waals surface area contributed by atoms with E-state index in [4.69, 9.17) is 0 Å². The summed E-state index contributed by atoms with van der Waals surface area (Å²) in [5, 5.41) is 4.24. The molecule has 11 heteroatoms. The molecule has 0 aliphatic heterocycles. The number of benzene rings is 2. The van der Waals surface area contributed by atoms with Gasteiger partial charge in [0.15, 0.2) is 10.9 Å². The van der Waals surface area contributed by atoms with Crippen molar-refractivity contribution in [3.8, 4) is 0 Å². The van der Waals surface area contributed by atoms with E-state index in [-0.39, 0.29) is 22.4 Å². The van der Waals surface area contributed by atoms with Crippen LogP contribution in [-0.2, 0) is 28.7 Å². The lowest BCUT2D eigenvalue weighted by Gasteiger charge is -2.19. The number of ketones is 1. The van der Waals surface area contributed by atoms with E-state index in [1.54, 1.807) is 55.5 Å². The second-order valence-corrected chi connectivity index (χ2v) is 10.4. The van der Waals surface area contributed by atoms with Gasteiger partial charge >= 0.3 is 5.97 Å². The van der Waals surface area contributed by atoms with Crippen molar-refractivity contribution in [3.63, 3.8) is 0 Å². The van der Waals surface area contributed by atoms with Crippen molar-refractivity contribution in [1.29, 1.82) is 0 Å². The van der Waals surface area contributed by atoms with Crippen LogP contribution in [0.25, 0.3) is 0 Å². The van der Waals surface area contributed by atoms with Gasteiger partial charge in [-0.05, 0) is 11.6 Å². The first-order chi connectivity index (χ1) is 18.0. The van der Waals surface area contributed by atoms with Gasteiger partial charge in [0.2, 0.25) is 16.9 Å². The summed E-state index contributed by atoms with van der Waals surface area (Å²) in [6.45, 7) is 4.20. The largest absolute Gasteiger partial charge is 0.467 e. The number of hydrogen-bond donors (Lipinski definition) is 2. The molecule has 0 radical (unpaired) electrons. The van der Waals surface area contributed by atoms with Crippen molar-refractivity contribution in [2.75, 3.05) is 18.6 Å². The molecule has 0 aliphatic carbocycles. The Morgan fingerprint density at radius 2 is 1.32 bits per heavy atom. The van der Waals surface area contributed by atoms with Crippen LogP contribution in [0.5, 0.6) is 0 Å². The van der Waals surface area contributed by atoms with E-state index in [2.05, 4.69) is 15.4 Å². The van der Waals surface area contributed by atoms with Crippen molar-refractivity contribution in [2.24, 2.45) is 0 Å². The average Bonchev–Trinajstić information content (AvgIpc) is 2.91. The Kier molecular flexibility index (Phi) is 12.2. The van der Waals surface area contributed by atoms with E-state index < -0.39 is 40.9 Å². The van der Waals surface area contributed by atoms with Crippen LogP contribution in [0, 0.1) is 0 Å². The zero-order valence-corrected chi connectivity index (χ0v) is 23.1. The van der Waals surface area contributed by atoms with Crippen LogP contribution >= 0.6 is 23.5 Å². The zero-order valence-electron chi connectivity index (χ0n) is 21.5. The molecular formula is C27H30N2O7S2. The minimum atomic E-state index is -1.04. The standard InChI is InChI=1S/C27H30N2O7S2/c1-16(20-11-8-12-21(13-20)24(32)19-9-6-5-7-10-19)26(34)37-15-23(29-18(3)31)27(35)38-14-22(25(33)36-4)28-17(2)30/h5-13,16,22-23H,14-15H2,1-4H3,(H,28,30)(H,29,31). The average molecular weight is 559 g/mol. The molecule has 0 heterocycles. The van der Waals surface area contributed by atoms with Crippen LogP contribution in [0.15, 0.2) is 54.6 Å². The maximum absolute atomic E-state index is 13.0. The van der Waals surface area contributed by atoms with Crippen molar-refractivity contribution in [1.82, 2.24) is 10.6 Å². The zero-order chi connectivity index (χ0) is 28.2. The molecule has 2 amide bonds. The highest BCUT2D eigenvalue weighted by Crippen LogP contribution is 2.25. The van der Waals surface area contributed by atoms with Gasteiger partial charge in [0, 0.05) is 36.5 Å². The number of hydrogen-bond acceptors (Lipinski definition) is 9. The van der Waals surface area contributed by atoms with E-state index in [0.29, 0.717) is 16.7 Å². The van der Waals surface area contributed by atoms with Gasteiger partial charge < -0.3 is 15.4 Å². The molecule has 0 spiro atoms. The third-order valence-corrected chi connectivity index (χ3v) is 7.56. The maximum Gasteiger partial charge on any atom is 0.329 e. The molecule has 0 bridgehead atoms. The lowest BCUT2D eigenvalue weighted by atomic mass is 9.96. The molecule has 3 atom stereocenters. The summed E-state index contributed by atoms with van der Waals surface area (Å²) >= 11 is 1.64. The predicted octanol–water partition coefficient (Wildman–Crippen LogP) is 2.72. The number of nitrogens with one attached hydrogen (secondary N) is 2. The van der Waals surface area contributed by atoms with Gasteiger partial charge in [0.05, 0.1) is 13.0 Å². The summed E-state index contributed by atoms with van der Waals surface area (Å²) in [6.07, 6.45) is 0. The Bertz CT molecular complexity index is 1190. The fourth-order valence-corrected chi connectivity index (χ4v) is 5.32. The maximum atomic E-state index is 13.0. The lowest BCUT2D eigenvalue weighted by Crippen LogP contribution is -2.44. The first kappa shape index (κ1) is 30.8. The van der Waals surface area contributed by atoms with Gasteiger partial charge in [-0.3, -0.25) is 24.0 Å². The topological polar surface area (TPSA) is 136 Å². The molecule has 2 rings (SSSR count). The number of carbonyl (C=O) groups excluding carboxylic acids is 6. The summed E-state index contributed by atoms with van der Waals surface area (Å²) in [6, 6.07) is 13.6. The van der Waals surface area contributed by atoms with Crippen LogP contribution < -0.4 is 10.6 Å². The molecule has 202 valence electrons. The Balaban J connectivity index is 2.05. The Morgan fingerprint density at radius 3 is 1.92 bits per heavy atom. The third-order valence-electron chi connectivity index (χ3n) is 5.35. The van der Waals surface area contributed by atoms with Crippen molar-refractivity contribution < 1.29 is 33.5 Å². The number of ether oxygens (including phenoxy) is 1. The molecule has 0 saturated carbocycles. The van der Waals surface area contributed by atoms with Gasteiger partial charge in [-0.2, -0.15) is 0 Å². The molecule has 0 aromatic heterocycles. The van der Waals surface area contributed by atoms with Gasteiger partial charge in [0.25, 0.3) is 0 Å². The monoisotopic (exact) mass is 558 g/mol. The van der Waals surface area contributed by atoms with Crippen LogP contribution in [0.2, 0.25) is 0 Å². The molecule has 38 heavy (non-hydrogen) atoms. The number of amides is 2. The quantitative estimate of drug-likeness (QED) is 0.298. The van der Waals surface area contributed by atoms with Crippen LogP contribution in [0.1, 0.15) is 48.2 Å². The molecule has 3 unspecified atom stereocenters. The second-order valence-electron chi connectivity index (χ2n) is 8.33. The first-order valence-corrected chi connectivity index (χ1v) is 13.7. The van der Waals surface area contributed by atoms with Crippen LogP contribution in [-0.4, -0.2) is 64.5 Å². The van der Waals surface area contributed by atoms with Crippen molar-refractivity contribution in [2.45, 2.75) is 38.8 Å². The molecule has 0 aliphatic rings. The van der Waals surface area contributed by atoms with Crippen molar-refractivity contribution in [3.05, 3.63) is 71.3 Å². The number of rotatable bonds is 12. The van der Waals surface area contributed by atoms with Crippen molar-refractivity contribution >= 4 is 57.3 Å². The highest BCUT2D eigenvalue weighted by molar-refractivity contribution is 8.15. The third kappa shape index (κ3) is 9.46. The normalized spacial score (nSPS) is 12.9. The Hall–Kier alpha value is -3.44. The summed E-state index contributed by atoms with van der Waals surface area (Å²) in [5.74, 6) is -2.48. The second kappa shape index (κ2) is 15.1. The lowest BCUT2D eigenvalue weighted by molar-refractivity contribution is -0.144. The number of methoxy groups -OCH3 is 1. The summed E-state index contributed by atoms with van der Waals surface area (Å²) in [7, 11) is 1.17. The SMILES string of the molecule is COC(=O)C(CSC(=O)C(CSC(=O)C(C)c1cccc(C(=O)c2ccccc2)c1)NC(C)=O)NC(C)=O. The molecule has 9 nitrogen and oxygen atoms in total. The fourth-order valence-electron chi connectivity index (χ4n) is 3.37. The highest BCUT2D eigenvalue weighted by atomic mass is 32.2. The Labute approximate surface area is 229 Å². The fraction of sp³-hybridized carbons (Fsp3) is 0.333. The van der Waals surface area contributed by atoms with Gasteiger partial charge in [0.1, 0.15) is 12.1 Å². The van der Waals surface area contributed by atoms with Crippen LogP contribution in [0.4, 0.5) is 0 Å². The first-order valence-electron chi connectivity index (χ1n) is 11.7. The van der Waals surface area contributed by atoms with E-state index >= 15 is 0 Å². The summed E-state index contributed by atoms with van der Waals surface area (Å²) in [4.78, 5) is 73.5. The Morgan fingerprint density at radius 1 is 0.763 bits per heavy atom. The van der Waals surface area contributed by atoms with Crippen LogP contribution in [0.3, 0.4) is 0 Å². The van der Waals surface area contributed by atoms with Gasteiger partial charge in [-0.15, -0.1) is 0 Å². The minimum Gasteiger partial charge on any atom is -0.467 e. The van der Waals surface area contributed by atoms with Gasteiger partial charge in [-0.25, -0.2) is 4.79 Å². The van der Waals surface area contributed by atoms with E-state index in [0.717, 1.165) is 23.5 Å². The number of carbonyl (C=O) groups is 6. The summed E-state index contributed by atoms with van der Waals surface area (Å²) in [5.41, 5.74) is 1.65. The smallest absolute Gasteiger partial charge is 0.329 e. The molecular weight excluding hydrogens is 528 g/mol. The number of esters is 1. The molecule has 0 saturated heterocycles. The van der Waals surface area contributed by atoms with E-state index in [1.165, 1.54) is 21.0 Å². The minimum absolute atomic E-state index is 0.0275. The molecule has 2 aromatic rings. The molecule has 0 fully saturated rings. The van der Waals surface area contributed by atoms with Gasteiger partial charge in [-0.1, -0.05) is 79.0 Å². The summed E-state index contributed by atoms with van der Waals surface area (Å²) < 4.78 is 4.65. The predicted molar refractivity (Wildman–Crippen MR) is 147 cm³/mol. The molecule has 2 aromatic carbocycles. The number of thioether (sulfide) groups is 2. The van der Waals surface area contributed by atoms with E-state index in [1.807, 2.05) is 6.07 Å².